The highest BCUT2D eigenvalue weighted by molar-refractivity contribution is 8.01. The number of aryl methyl sites for hydroxylation is 1. The van der Waals surface area contributed by atoms with Gasteiger partial charge in [0.05, 0.1) is 0 Å². The Bertz CT molecular complexity index is 317. The summed E-state index contributed by atoms with van der Waals surface area (Å²) >= 11 is 3.81. The molecule has 1 saturated heterocycles. The van der Waals surface area contributed by atoms with E-state index in [1.54, 1.807) is 17.8 Å². The zero-order chi connectivity index (χ0) is 10.7. The van der Waals surface area contributed by atoms with Gasteiger partial charge in [-0.3, -0.25) is 0 Å². The molecule has 82 valence electrons. The van der Waals surface area contributed by atoms with Gasteiger partial charge < -0.3 is 5.73 Å². The van der Waals surface area contributed by atoms with Crippen LogP contribution in [-0.4, -0.2) is 26.7 Å². The van der Waals surface area contributed by atoms with Gasteiger partial charge in [-0.2, -0.15) is 11.8 Å². The first-order valence-electron chi connectivity index (χ1n) is 5.09. The topological polar surface area (TPSA) is 51.8 Å². The van der Waals surface area contributed by atoms with Gasteiger partial charge >= 0.3 is 0 Å². The lowest BCUT2D eigenvalue weighted by molar-refractivity contribution is 0.777. The molecule has 0 saturated carbocycles. The summed E-state index contributed by atoms with van der Waals surface area (Å²) < 4.78 is 0. The SMILES string of the molecule is Cc1cc(N)nc(SC2CCSCC2)n1. The maximum atomic E-state index is 5.70. The van der Waals surface area contributed by atoms with E-state index in [-0.39, 0.29) is 0 Å². The van der Waals surface area contributed by atoms with Crippen LogP contribution in [0.3, 0.4) is 0 Å². The van der Waals surface area contributed by atoms with E-state index >= 15 is 0 Å². The highest BCUT2D eigenvalue weighted by Gasteiger charge is 2.16. The number of nitrogens with zero attached hydrogens (tertiary/aromatic N) is 2. The van der Waals surface area contributed by atoms with Gasteiger partial charge in [0.1, 0.15) is 5.82 Å². The highest BCUT2D eigenvalue weighted by Crippen LogP contribution is 2.31. The molecule has 2 N–H and O–H groups in total. The molecule has 1 aromatic heterocycles. The summed E-state index contributed by atoms with van der Waals surface area (Å²) in [6.45, 7) is 1.96. The van der Waals surface area contributed by atoms with Crippen LogP contribution in [0.1, 0.15) is 18.5 Å². The second kappa shape index (κ2) is 5.07. The maximum Gasteiger partial charge on any atom is 0.189 e. The molecule has 2 rings (SSSR count). The number of hydrogen-bond donors (Lipinski definition) is 1. The van der Waals surface area contributed by atoms with E-state index in [1.165, 1.54) is 24.3 Å². The monoisotopic (exact) mass is 241 g/mol. The van der Waals surface area contributed by atoms with Crippen LogP contribution >= 0.6 is 23.5 Å². The average molecular weight is 241 g/mol. The minimum absolute atomic E-state index is 0.579. The van der Waals surface area contributed by atoms with Gasteiger partial charge in [-0.05, 0) is 31.3 Å². The molecule has 0 unspecified atom stereocenters. The first kappa shape index (κ1) is 11.1. The minimum atomic E-state index is 0.579. The van der Waals surface area contributed by atoms with Gasteiger partial charge in [0.15, 0.2) is 5.16 Å². The summed E-state index contributed by atoms with van der Waals surface area (Å²) in [6, 6.07) is 1.81. The number of nitrogen functional groups attached to an aromatic ring is 1. The lowest BCUT2D eigenvalue weighted by Crippen LogP contribution is -2.12. The van der Waals surface area contributed by atoms with Crippen LogP contribution in [0.5, 0.6) is 0 Å². The van der Waals surface area contributed by atoms with Crippen molar-refractivity contribution in [3.8, 4) is 0 Å². The summed E-state index contributed by atoms with van der Waals surface area (Å²) in [7, 11) is 0. The van der Waals surface area contributed by atoms with Crippen LogP contribution in [0, 0.1) is 6.92 Å². The average Bonchev–Trinajstić information content (AvgIpc) is 2.17. The third-order valence-electron chi connectivity index (χ3n) is 2.29. The van der Waals surface area contributed by atoms with Gasteiger partial charge in [-0.1, -0.05) is 11.8 Å². The molecule has 3 nitrogen and oxygen atoms in total. The molecule has 0 aliphatic carbocycles. The van der Waals surface area contributed by atoms with Crippen molar-refractivity contribution in [3.05, 3.63) is 11.8 Å². The summed E-state index contributed by atoms with van der Waals surface area (Å²) in [6.07, 6.45) is 2.51. The van der Waals surface area contributed by atoms with Crippen molar-refractivity contribution in [1.29, 1.82) is 0 Å². The van der Waals surface area contributed by atoms with E-state index in [4.69, 9.17) is 5.73 Å². The molecule has 1 aliphatic rings. The van der Waals surface area contributed by atoms with E-state index < -0.39 is 0 Å². The van der Waals surface area contributed by atoms with Crippen LogP contribution in [0.2, 0.25) is 0 Å². The zero-order valence-electron chi connectivity index (χ0n) is 8.77. The molecular formula is C10H15N3S2. The lowest BCUT2D eigenvalue weighted by atomic mass is 10.2. The summed E-state index contributed by atoms with van der Waals surface area (Å²) in [5, 5.41) is 1.51. The molecule has 15 heavy (non-hydrogen) atoms. The van der Waals surface area contributed by atoms with Crippen LogP contribution in [0.4, 0.5) is 5.82 Å². The Kier molecular flexibility index (Phi) is 3.75. The molecular weight excluding hydrogens is 226 g/mol. The van der Waals surface area contributed by atoms with Crippen LogP contribution in [0.15, 0.2) is 11.2 Å². The van der Waals surface area contributed by atoms with Crippen molar-refractivity contribution in [1.82, 2.24) is 9.97 Å². The standard InChI is InChI=1S/C10H15N3S2/c1-7-6-9(11)13-10(12-7)15-8-2-4-14-5-3-8/h6,8H,2-5H2,1H3,(H2,11,12,13). The predicted molar refractivity (Wildman–Crippen MR) is 67.4 cm³/mol. The maximum absolute atomic E-state index is 5.70. The van der Waals surface area contributed by atoms with Gasteiger partial charge in [0, 0.05) is 17.0 Å². The van der Waals surface area contributed by atoms with Crippen molar-refractivity contribution in [3.63, 3.8) is 0 Å². The van der Waals surface area contributed by atoms with Gasteiger partial charge in [0.2, 0.25) is 0 Å². The number of anilines is 1. The first-order valence-corrected chi connectivity index (χ1v) is 7.13. The molecule has 5 heteroatoms. The Morgan fingerprint density at radius 2 is 2.13 bits per heavy atom. The molecule has 1 aliphatic heterocycles. The third-order valence-corrected chi connectivity index (χ3v) is 4.54. The molecule has 0 spiro atoms. The minimum Gasteiger partial charge on any atom is -0.384 e. The van der Waals surface area contributed by atoms with Crippen LogP contribution < -0.4 is 5.73 Å². The van der Waals surface area contributed by atoms with Crippen molar-refractivity contribution >= 4 is 29.3 Å². The largest absolute Gasteiger partial charge is 0.384 e. The zero-order valence-corrected chi connectivity index (χ0v) is 10.4. The predicted octanol–water partition coefficient (Wildman–Crippen LogP) is 2.35. The van der Waals surface area contributed by atoms with E-state index in [0.29, 0.717) is 11.1 Å². The molecule has 0 amide bonds. The highest BCUT2D eigenvalue weighted by atomic mass is 32.2. The van der Waals surface area contributed by atoms with Crippen molar-refractivity contribution in [2.45, 2.75) is 30.2 Å². The molecule has 0 aromatic carbocycles. The number of thioether (sulfide) groups is 2. The molecule has 2 heterocycles. The Balaban J connectivity index is 2.02. The fourth-order valence-electron chi connectivity index (χ4n) is 1.56. The number of hydrogen-bond acceptors (Lipinski definition) is 5. The van der Waals surface area contributed by atoms with E-state index in [1.807, 2.05) is 18.7 Å². The second-order valence-corrected chi connectivity index (χ2v) is 6.14. The molecule has 1 aromatic rings. The molecule has 1 fully saturated rings. The van der Waals surface area contributed by atoms with Crippen molar-refractivity contribution in [2.75, 3.05) is 17.2 Å². The van der Waals surface area contributed by atoms with Gasteiger partial charge in [-0.15, -0.1) is 0 Å². The van der Waals surface area contributed by atoms with Crippen LogP contribution in [-0.2, 0) is 0 Å². The Labute approximate surface area is 98.6 Å². The van der Waals surface area contributed by atoms with Crippen molar-refractivity contribution in [2.24, 2.45) is 0 Å². The molecule has 0 atom stereocenters. The van der Waals surface area contributed by atoms with E-state index in [9.17, 15) is 0 Å². The van der Waals surface area contributed by atoms with E-state index in [0.717, 1.165) is 10.9 Å². The fraction of sp³-hybridized carbons (Fsp3) is 0.600. The summed E-state index contributed by atoms with van der Waals surface area (Å²) in [5.74, 6) is 3.10. The van der Waals surface area contributed by atoms with Gasteiger partial charge in [-0.25, -0.2) is 9.97 Å². The van der Waals surface area contributed by atoms with Crippen LogP contribution in [0.25, 0.3) is 0 Å². The quantitative estimate of drug-likeness (QED) is 0.806. The summed E-state index contributed by atoms with van der Waals surface area (Å²) in [4.78, 5) is 8.64. The van der Waals surface area contributed by atoms with E-state index in [2.05, 4.69) is 9.97 Å². The second-order valence-electron chi connectivity index (χ2n) is 3.65. The smallest absolute Gasteiger partial charge is 0.189 e. The lowest BCUT2D eigenvalue weighted by Gasteiger charge is -2.19. The molecule has 0 radical (unpaired) electrons. The Morgan fingerprint density at radius 3 is 2.80 bits per heavy atom. The number of rotatable bonds is 2. The van der Waals surface area contributed by atoms with Crippen molar-refractivity contribution < 1.29 is 0 Å². The molecule has 0 bridgehead atoms. The summed E-state index contributed by atoms with van der Waals surface area (Å²) in [5.41, 5.74) is 6.65. The fourth-order valence-corrected chi connectivity index (χ4v) is 4.09. The third kappa shape index (κ3) is 3.28. The normalized spacial score (nSPS) is 17.9. The van der Waals surface area contributed by atoms with Gasteiger partial charge in [0.25, 0.3) is 0 Å². The Hall–Kier alpha value is -0.420. The number of aromatic nitrogens is 2. The Morgan fingerprint density at radius 1 is 1.40 bits per heavy atom. The first-order chi connectivity index (χ1) is 7.24. The number of nitrogens with two attached hydrogens (primary N) is 1.